The lowest BCUT2D eigenvalue weighted by Gasteiger charge is -2.21. The van der Waals surface area contributed by atoms with Crippen molar-refractivity contribution in [3.8, 4) is 17.1 Å². The minimum absolute atomic E-state index is 0.117. The number of hydrogen-bond donors (Lipinski definition) is 1. The van der Waals surface area contributed by atoms with Gasteiger partial charge < -0.3 is 14.6 Å². The summed E-state index contributed by atoms with van der Waals surface area (Å²) in [5, 5.41) is 8.42. The predicted molar refractivity (Wildman–Crippen MR) is 145 cm³/mol. The molecular weight excluding hydrogens is 534 g/mol. The number of likely N-dealkylation sites (N-methyl/N-ethyl adjacent to an activating group) is 1. The fraction of sp³-hybridized carbons (Fsp3) is 0.444. The highest BCUT2D eigenvalue weighted by atomic mass is 79.9. The smallest absolute Gasteiger partial charge is 0.226 e. The van der Waals surface area contributed by atoms with E-state index in [0.717, 1.165) is 72.3 Å². The first-order valence-corrected chi connectivity index (χ1v) is 13.4. The van der Waals surface area contributed by atoms with Gasteiger partial charge in [-0.25, -0.2) is 19.6 Å². The Morgan fingerprint density at radius 3 is 2.89 bits per heavy atom. The van der Waals surface area contributed by atoms with Gasteiger partial charge in [0.2, 0.25) is 11.8 Å². The van der Waals surface area contributed by atoms with Crippen LogP contribution < -0.4 is 5.32 Å². The van der Waals surface area contributed by atoms with Gasteiger partial charge in [0.1, 0.15) is 16.7 Å². The Balaban J connectivity index is 1.47. The van der Waals surface area contributed by atoms with Crippen molar-refractivity contribution in [3.05, 3.63) is 52.8 Å². The maximum absolute atomic E-state index is 12.4. The number of carbonyl (C=O) groups excluding carboxylic acids is 1. The van der Waals surface area contributed by atoms with E-state index < -0.39 is 0 Å². The molecular formula is C27H32BrN7O2. The predicted octanol–water partition coefficient (Wildman–Crippen LogP) is 4.43. The average molecular weight is 567 g/mol. The Kier molecular flexibility index (Phi) is 7.13. The Morgan fingerprint density at radius 1 is 1.32 bits per heavy atom. The van der Waals surface area contributed by atoms with Crippen LogP contribution in [-0.4, -0.2) is 63.2 Å². The fourth-order valence-corrected chi connectivity index (χ4v) is 5.75. The van der Waals surface area contributed by atoms with Crippen molar-refractivity contribution in [1.29, 1.82) is 0 Å². The highest BCUT2D eigenvalue weighted by molar-refractivity contribution is 9.10. The van der Waals surface area contributed by atoms with Gasteiger partial charge in [-0.3, -0.25) is 4.79 Å². The van der Waals surface area contributed by atoms with Gasteiger partial charge in [-0.15, -0.1) is 0 Å². The first-order valence-electron chi connectivity index (χ1n) is 12.6. The van der Waals surface area contributed by atoms with Gasteiger partial charge in [0.25, 0.3) is 0 Å². The fourth-order valence-electron chi connectivity index (χ4n) is 5.31. The molecule has 2 atom stereocenters. The number of rotatable bonds is 8. The minimum Gasteiger partial charge on any atom is -0.445 e. The van der Waals surface area contributed by atoms with E-state index in [1.807, 2.05) is 23.0 Å². The van der Waals surface area contributed by atoms with Crippen molar-refractivity contribution in [3.63, 3.8) is 0 Å². The summed E-state index contributed by atoms with van der Waals surface area (Å²) in [5.41, 5.74) is 3.45. The van der Waals surface area contributed by atoms with Crippen molar-refractivity contribution in [1.82, 2.24) is 34.9 Å². The SMILES string of the molecule is CNC(=O)[C@]1(C)CC[C@@H](Cc2ncc3c(Br)nn(-c4ccc(-c5ncco5)c(CCN(C)C)c4)c3n2)C1. The molecule has 3 heterocycles. The molecule has 1 aliphatic carbocycles. The Labute approximate surface area is 224 Å². The van der Waals surface area contributed by atoms with Crippen molar-refractivity contribution in [2.24, 2.45) is 11.3 Å². The lowest BCUT2D eigenvalue weighted by atomic mass is 9.86. The van der Waals surface area contributed by atoms with Crippen molar-refractivity contribution < 1.29 is 9.21 Å². The zero-order valence-electron chi connectivity index (χ0n) is 21.7. The van der Waals surface area contributed by atoms with Crippen LogP contribution in [0.3, 0.4) is 0 Å². The second-order valence-corrected chi connectivity index (χ2v) is 11.2. The average Bonchev–Trinajstić information content (AvgIpc) is 3.62. The van der Waals surface area contributed by atoms with Gasteiger partial charge in [-0.1, -0.05) is 6.92 Å². The van der Waals surface area contributed by atoms with Gasteiger partial charge >= 0.3 is 0 Å². The van der Waals surface area contributed by atoms with E-state index in [2.05, 4.69) is 63.2 Å². The van der Waals surface area contributed by atoms with Gasteiger partial charge in [0, 0.05) is 37.2 Å². The molecule has 1 amide bonds. The number of fused-ring (bicyclic) bond motifs is 1. The molecule has 37 heavy (non-hydrogen) atoms. The van der Waals surface area contributed by atoms with E-state index in [9.17, 15) is 4.79 Å². The Bertz CT molecular complexity index is 1420. The van der Waals surface area contributed by atoms with E-state index >= 15 is 0 Å². The van der Waals surface area contributed by atoms with Gasteiger partial charge in [0.15, 0.2) is 5.65 Å². The van der Waals surface area contributed by atoms with Crippen LogP contribution in [0.5, 0.6) is 0 Å². The molecule has 0 spiro atoms. The summed E-state index contributed by atoms with van der Waals surface area (Å²) in [6.07, 6.45) is 9.39. The molecule has 1 N–H and O–H groups in total. The number of benzene rings is 1. The first-order chi connectivity index (χ1) is 17.8. The number of nitrogens with one attached hydrogen (secondary N) is 1. The van der Waals surface area contributed by atoms with Crippen LogP contribution in [0, 0.1) is 11.3 Å². The lowest BCUT2D eigenvalue weighted by Crippen LogP contribution is -2.35. The summed E-state index contributed by atoms with van der Waals surface area (Å²) in [5.74, 6) is 1.87. The number of oxazole rings is 1. The molecule has 9 nitrogen and oxygen atoms in total. The molecule has 0 unspecified atom stereocenters. The lowest BCUT2D eigenvalue weighted by molar-refractivity contribution is -0.129. The molecule has 0 radical (unpaired) electrons. The zero-order chi connectivity index (χ0) is 26.2. The number of nitrogens with zero attached hydrogens (tertiary/aromatic N) is 6. The van der Waals surface area contributed by atoms with Crippen LogP contribution in [0.25, 0.3) is 28.2 Å². The molecule has 194 valence electrons. The highest BCUT2D eigenvalue weighted by Crippen LogP contribution is 2.42. The molecule has 0 aliphatic heterocycles. The maximum Gasteiger partial charge on any atom is 0.226 e. The van der Waals surface area contributed by atoms with Crippen LogP contribution in [0.4, 0.5) is 0 Å². The number of amides is 1. The second-order valence-electron chi connectivity index (χ2n) is 10.4. The first kappa shape index (κ1) is 25.5. The summed E-state index contributed by atoms with van der Waals surface area (Å²) in [6.45, 7) is 2.95. The largest absolute Gasteiger partial charge is 0.445 e. The van der Waals surface area contributed by atoms with Crippen LogP contribution in [0.1, 0.15) is 37.6 Å². The number of carbonyl (C=O) groups is 1. The van der Waals surface area contributed by atoms with Gasteiger partial charge in [-0.05, 0) is 85.4 Å². The Hall–Kier alpha value is -3.11. The van der Waals surface area contributed by atoms with Crippen molar-refractivity contribution >= 4 is 32.9 Å². The molecule has 0 saturated heterocycles. The minimum atomic E-state index is -0.318. The quantitative estimate of drug-likeness (QED) is 0.337. The third-order valence-corrected chi connectivity index (χ3v) is 7.93. The second kappa shape index (κ2) is 10.3. The topological polar surface area (TPSA) is 102 Å². The molecule has 5 rings (SSSR count). The third-order valence-electron chi connectivity index (χ3n) is 7.34. The zero-order valence-corrected chi connectivity index (χ0v) is 23.2. The van der Waals surface area contributed by atoms with Crippen LogP contribution in [-0.2, 0) is 17.6 Å². The van der Waals surface area contributed by atoms with Gasteiger partial charge in [-0.2, -0.15) is 5.10 Å². The van der Waals surface area contributed by atoms with Crippen molar-refractivity contribution in [2.45, 2.75) is 39.0 Å². The summed E-state index contributed by atoms with van der Waals surface area (Å²) < 4.78 is 8.17. The summed E-state index contributed by atoms with van der Waals surface area (Å²) >= 11 is 3.59. The monoisotopic (exact) mass is 565 g/mol. The molecule has 0 bridgehead atoms. The molecule has 1 aliphatic rings. The van der Waals surface area contributed by atoms with Crippen LogP contribution in [0.2, 0.25) is 0 Å². The molecule has 1 fully saturated rings. The Morgan fingerprint density at radius 2 is 2.16 bits per heavy atom. The number of aromatic nitrogens is 5. The van der Waals surface area contributed by atoms with Crippen LogP contribution >= 0.6 is 15.9 Å². The number of halogens is 1. The normalized spacial score (nSPS) is 19.7. The van der Waals surface area contributed by atoms with E-state index in [1.54, 1.807) is 19.5 Å². The summed E-state index contributed by atoms with van der Waals surface area (Å²) in [6, 6.07) is 6.19. The van der Waals surface area contributed by atoms with E-state index in [-0.39, 0.29) is 11.3 Å². The maximum atomic E-state index is 12.4. The van der Waals surface area contributed by atoms with E-state index in [4.69, 9.17) is 14.5 Å². The van der Waals surface area contributed by atoms with Crippen molar-refractivity contribution in [2.75, 3.05) is 27.7 Å². The molecule has 1 saturated carbocycles. The summed E-state index contributed by atoms with van der Waals surface area (Å²) in [7, 11) is 5.83. The van der Waals surface area contributed by atoms with Crippen LogP contribution in [0.15, 0.2) is 45.9 Å². The molecule has 1 aromatic carbocycles. The van der Waals surface area contributed by atoms with E-state index in [0.29, 0.717) is 16.4 Å². The molecule has 3 aromatic heterocycles. The van der Waals surface area contributed by atoms with E-state index in [1.165, 1.54) is 0 Å². The summed E-state index contributed by atoms with van der Waals surface area (Å²) in [4.78, 5) is 28.5. The van der Waals surface area contributed by atoms with Gasteiger partial charge in [0.05, 0.1) is 17.3 Å². The molecule has 4 aromatic rings. The standard InChI is InChI=1S/C27H32BrN7O2/c1-27(26(36)29-2)9-7-17(15-27)13-22-31-16-21-23(28)33-35(24(21)32-22)19-5-6-20(25-30-10-12-37-25)18(14-19)8-11-34(3)4/h5-6,10,12,14,16-17H,7-9,11,13,15H2,1-4H3,(H,29,36)/t17-,27+/m0/s1. The molecule has 10 heteroatoms. The third kappa shape index (κ3) is 5.17. The highest BCUT2D eigenvalue weighted by Gasteiger charge is 2.40. The number of hydrogen-bond acceptors (Lipinski definition) is 7.